The van der Waals surface area contributed by atoms with E-state index in [-0.39, 0.29) is 18.7 Å². The zero-order valence-corrected chi connectivity index (χ0v) is 14.8. The maximum atomic E-state index is 13.9. The largest absolute Gasteiger partial charge is 0.445 e. The average molecular weight is 386 g/mol. The molecule has 25 heavy (non-hydrogen) atoms. The van der Waals surface area contributed by atoms with Crippen molar-refractivity contribution in [3.8, 4) is 0 Å². The molecular weight excluding hydrogens is 369 g/mol. The van der Waals surface area contributed by atoms with Crippen molar-refractivity contribution in [1.82, 2.24) is 5.32 Å². The van der Waals surface area contributed by atoms with Gasteiger partial charge in [0.05, 0.1) is 5.75 Å². The Bertz CT molecular complexity index is 814. The molecule has 134 valence electrons. The van der Waals surface area contributed by atoms with Crippen molar-refractivity contribution in [2.75, 3.05) is 12.3 Å². The Morgan fingerprint density at radius 2 is 1.76 bits per heavy atom. The van der Waals surface area contributed by atoms with Crippen LogP contribution in [-0.4, -0.2) is 26.8 Å². The minimum atomic E-state index is -3.88. The first-order valence-electron chi connectivity index (χ1n) is 7.46. The van der Waals surface area contributed by atoms with Gasteiger partial charge in [-0.15, -0.1) is 0 Å². The SMILES string of the molecule is O=C(NC[C@@H](CS(=O)(=O)Cl)c1ccccc1F)OCc1ccccc1. The van der Waals surface area contributed by atoms with E-state index in [9.17, 15) is 17.6 Å². The van der Waals surface area contributed by atoms with E-state index in [0.29, 0.717) is 0 Å². The highest BCUT2D eigenvalue weighted by Crippen LogP contribution is 2.22. The number of amides is 1. The van der Waals surface area contributed by atoms with E-state index in [0.717, 1.165) is 5.56 Å². The van der Waals surface area contributed by atoms with Gasteiger partial charge in [-0.2, -0.15) is 0 Å². The molecule has 0 heterocycles. The molecule has 2 aromatic rings. The summed E-state index contributed by atoms with van der Waals surface area (Å²) in [6.45, 7) is -0.0502. The smallest absolute Gasteiger partial charge is 0.407 e. The second-order valence-electron chi connectivity index (χ2n) is 5.37. The Hall–Kier alpha value is -2.12. The third-order valence-electron chi connectivity index (χ3n) is 3.45. The minimum absolute atomic E-state index is 0.0742. The van der Waals surface area contributed by atoms with Crippen LogP contribution in [0.15, 0.2) is 54.6 Å². The summed E-state index contributed by atoms with van der Waals surface area (Å²) >= 11 is 0. The summed E-state index contributed by atoms with van der Waals surface area (Å²) in [5.41, 5.74) is 0.974. The lowest BCUT2D eigenvalue weighted by Gasteiger charge is -2.17. The van der Waals surface area contributed by atoms with Crippen molar-refractivity contribution < 1.29 is 22.3 Å². The summed E-state index contributed by atoms with van der Waals surface area (Å²) in [5.74, 6) is -1.89. The highest BCUT2D eigenvalue weighted by Gasteiger charge is 2.22. The summed E-state index contributed by atoms with van der Waals surface area (Å²) in [6.07, 6.45) is -0.725. The van der Waals surface area contributed by atoms with Crippen molar-refractivity contribution in [3.05, 3.63) is 71.5 Å². The molecule has 0 unspecified atom stereocenters. The molecule has 0 spiro atoms. The Kier molecular flexibility index (Phi) is 6.78. The molecule has 0 fully saturated rings. The summed E-state index contributed by atoms with van der Waals surface area (Å²) < 4.78 is 41.7. The molecule has 1 N–H and O–H groups in total. The van der Waals surface area contributed by atoms with Gasteiger partial charge in [0.2, 0.25) is 9.05 Å². The maximum Gasteiger partial charge on any atom is 0.407 e. The van der Waals surface area contributed by atoms with Crippen LogP contribution in [0.1, 0.15) is 17.0 Å². The van der Waals surface area contributed by atoms with Gasteiger partial charge >= 0.3 is 6.09 Å². The van der Waals surface area contributed by atoms with E-state index in [1.165, 1.54) is 18.2 Å². The topological polar surface area (TPSA) is 72.5 Å². The van der Waals surface area contributed by atoms with Crippen LogP contribution < -0.4 is 5.32 Å². The second-order valence-corrected chi connectivity index (χ2v) is 8.19. The lowest BCUT2D eigenvalue weighted by molar-refractivity contribution is 0.139. The molecule has 8 heteroatoms. The van der Waals surface area contributed by atoms with E-state index in [2.05, 4.69) is 5.32 Å². The predicted molar refractivity (Wildman–Crippen MR) is 93.4 cm³/mol. The molecule has 0 aliphatic rings. The molecule has 2 aromatic carbocycles. The third-order valence-corrected chi connectivity index (χ3v) is 4.63. The van der Waals surface area contributed by atoms with Gasteiger partial charge in [0.15, 0.2) is 0 Å². The van der Waals surface area contributed by atoms with Gasteiger partial charge in [-0.1, -0.05) is 48.5 Å². The average Bonchev–Trinajstić information content (AvgIpc) is 2.57. The number of rotatable bonds is 7. The Morgan fingerprint density at radius 1 is 1.12 bits per heavy atom. The van der Waals surface area contributed by atoms with Gasteiger partial charge in [0, 0.05) is 23.1 Å². The second kappa shape index (κ2) is 8.82. The molecule has 0 aromatic heterocycles. The zero-order valence-electron chi connectivity index (χ0n) is 13.2. The van der Waals surface area contributed by atoms with Crippen LogP contribution in [0.25, 0.3) is 0 Å². The van der Waals surface area contributed by atoms with E-state index in [1.54, 1.807) is 18.2 Å². The van der Waals surface area contributed by atoms with E-state index in [1.807, 2.05) is 18.2 Å². The highest BCUT2D eigenvalue weighted by atomic mass is 35.7. The van der Waals surface area contributed by atoms with Gasteiger partial charge in [0.25, 0.3) is 0 Å². The number of halogens is 2. The lowest BCUT2D eigenvalue weighted by atomic mass is 10.0. The molecule has 1 amide bonds. The van der Waals surface area contributed by atoms with E-state index in [4.69, 9.17) is 15.4 Å². The van der Waals surface area contributed by atoms with Crippen LogP contribution in [0, 0.1) is 5.82 Å². The number of nitrogens with one attached hydrogen (secondary N) is 1. The number of carbonyl (C=O) groups is 1. The molecular formula is C17H17ClFNO4S. The van der Waals surface area contributed by atoms with Crippen molar-refractivity contribution in [1.29, 1.82) is 0 Å². The van der Waals surface area contributed by atoms with Crippen LogP contribution in [0.5, 0.6) is 0 Å². The van der Waals surface area contributed by atoms with Gasteiger partial charge < -0.3 is 10.1 Å². The van der Waals surface area contributed by atoms with Crippen LogP contribution >= 0.6 is 10.7 Å². The molecule has 0 saturated carbocycles. The number of hydrogen-bond acceptors (Lipinski definition) is 4. The van der Waals surface area contributed by atoms with E-state index < -0.39 is 32.6 Å². The number of hydrogen-bond donors (Lipinski definition) is 1. The molecule has 0 aliphatic carbocycles. The summed E-state index contributed by atoms with van der Waals surface area (Å²) in [4.78, 5) is 11.8. The van der Waals surface area contributed by atoms with Crippen LogP contribution in [0.3, 0.4) is 0 Å². The molecule has 0 bridgehead atoms. The van der Waals surface area contributed by atoms with Crippen LogP contribution in [0.4, 0.5) is 9.18 Å². The van der Waals surface area contributed by atoms with Gasteiger partial charge in [-0.25, -0.2) is 17.6 Å². The van der Waals surface area contributed by atoms with Crippen LogP contribution in [0.2, 0.25) is 0 Å². The van der Waals surface area contributed by atoms with Crippen LogP contribution in [-0.2, 0) is 20.4 Å². The highest BCUT2D eigenvalue weighted by molar-refractivity contribution is 8.13. The Labute approximate surface area is 150 Å². The third kappa shape index (κ3) is 6.72. The monoisotopic (exact) mass is 385 g/mol. The quantitative estimate of drug-likeness (QED) is 0.741. The summed E-state index contributed by atoms with van der Waals surface area (Å²) in [5, 5.41) is 2.45. The molecule has 2 rings (SSSR count). The van der Waals surface area contributed by atoms with Crippen molar-refractivity contribution in [3.63, 3.8) is 0 Å². The molecule has 0 saturated heterocycles. The molecule has 5 nitrogen and oxygen atoms in total. The van der Waals surface area contributed by atoms with Crippen molar-refractivity contribution in [2.45, 2.75) is 12.5 Å². The van der Waals surface area contributed by atoms with Gasteiger partial charge in [0.1, 0.15) is 12.4 Å². The van der Waals surface area contributed by atoms with Crippen molar-refractivity contribution in [2.24, 2.45) is 0 Å². The summed E-state index contributed by atoms with van der Waals surface area (Å²) in [7, 11) is 1.41. The Balaban J connectivity index is 1.97. The van der Waals surface area contributed by atoms with Gasteiger partial charge in [-0.3, -0.25) is 0 Å². The minimum Gasteiger partial charge on any atom is -0.445 e. The lowest BCUT2D eigenvalue weighted by Crippen LogP contribution is -2.31. The maximum absolute atomic E-state index is 13.9. The Morgan fingerprint density at radius 3 is 2.40 bits per heavy atom. The predicted octanol–water partition coefficient (Wildman–Crippen LogP) is 3.40. The fourth-order valence-electron chi connectivity index (χ4n) is 2.29. The number of benzene rings is 2. The first-order valence-corrected chi connectivity index (χ1v) is 9.94. The fourth-order valence-corrected chi connectivity index (χ4v) is 3.52. The first kappa shape index (κ1) is 19.2. The fraction of sp³-hybridized carbons (Fsp3) is 0.235. The van der Waals surface area contributed by atoms with Gasteiger partial charge in [-0.05, 0) is 17.2 Å². The standard InChI is InChI=1S/C17H17ClFNO4S/c18-25(22,23)12-14(15-8-4-5-9-16(15)19)10-20-17(21)24-11-13-6-2-1-3-7-13/h1-9,14H,10-12H2,(H,20,21)/t14-/m0/s1. The zero-order chi connectivity index (χ0) is 18.3. The number of alkyl carbamates (subject to hydrolysis) is 1. The molecule has 0 radical (unpaired) electrons. The van der Waals surface area contributed by atoms with Crippen molar-refractivity contribution >= 4 is 25.8 Å². The normalized spacial score (nSPS) is 12.4. The van der Waals surface area contributed by atoms with E-state index >= 15 is 0 Å². The summed E-state index contributed by atoms with van der Waals surface area (Å²) in [6, 6.07) is 14.8. The molecule has 0 aliphatic heterocycles. The number of ether oxygens (including phenoxy) is 1. The molecule has 1 atom stereocenters. The first-order chi connectivity index (χ1) is 11.8. The number of carbonyl (C=O) groups excluding carboxylic acids is 1.